The third kappa shape index (κ3) is 4.89. The normalized spacial score (nSPS) is 11.3. The van der Waals surface area contributed by atoms with Crippen LogP contribution in [0.1, 0.15) is 5.56 Å². The SMILES string of the molecule is NS(=O)(=O)c1ccc(NCc2cn(-c3ccccc3)nc2-c2ccc(F)cc2)c([N+](=O)[O-])c1. The number of nitrogens with two attached hydrogens (primary N) is 1. The number of nitro benzene ring substituents is 1. The summed E-state index contributed by atoms with van der Waals surface area (Å²) in [5.41, 5.74) is 2.41. The van der Waals surface area contributed by atoms with Gasteiger partial charge in [0.15, 0.2) is 0 Å². The van der Waals surface area contributed by atoms with Gasteiger partial charge in [0.25, 0.3) is 5.69 Å². The highest BCUT2D eigenvalue weighted by atomic mass is 32.2. The van der Waals surface area contributed by atoms with Crippen molar-refractivity contribution in [3.63, 3.8) is 0 Å². The highest BCUT2D eigenvalue weighted by molar-refractivity contribution is 7.89. The Bertz CT molecular complexity index is 1420. The van der Waals surface area contributed by atoms with Crippen molar-refractivity contribution in [3.05, 3.63) is 100 Å². The van der Waals surface area contributed by atoms with Gasteiger partial charge in [-0.1, -0.05) is 18.2 Å². The van der Waals surface area contributed by atoms with Gasteiger partial charge in [0, 0.05) is 29.9 Å². The molecule has 3 aromatic carbocycles. The summed E-state index contributed by atoms with van der Waals surface area (Å²) < 4.78 is 38.2. The van der Waals surface area contributed by atoms with Crippen LogP contribution in [0.25, 0.3) is 16.9 Å². The van der Waals surface area contributed by atoms with Gasteiger partial charge in [-0.15, -0.1) is 0 Å². The van der Waals surface area contributed by atoms with Crippen molar-refractivity contribution in [3.8, 4) is 16.9 Å². The summed E-state index contributed by atoms with van der Waals surface area (Å²) in [6.45, 7) is 0.134. The second kappa shape index (κ2) is 8.81. The zero-order chi connectivity index (χ0) is 23.6. The van der Waals surface area contributed by atoms with Crippen LogP contribution in [0.5, 0.6) is 0 Å². The Morgan fingerprint density at radius 1 is 1.06 bits per heavy atom. The maximum atomic E-state index is 13.4. The molecule has 0 bridgehead atoms. The van der Waals surface area contributed by atoms with E-state index in [1.165, 1.54) is 24.3 Å². The van der Waals surface area contributed by atoms with Crippen molar-refractivity contribution in [2.75, 3.05) is 5.32 Å². The number of nitrogens with one attached hydrogen (secondary N) is 1. The Morgan fingerprint density at radius 3 is 2.39 bits per heavy atom. The third-order valence-electron chi connectivity index (χ3n) is 4.89. The van der Waals surface area contributed by atoms with Crippen molar-refractivity contribution >= 4 is 21.4 Å². The number of hydrogen-bond donors (Lipinski definition) is 2. The van der Waals surface area contributed by atoms with E-state index in [2.05, 4.69) is 10.4 Å². The molecular formula is C22H18FN5O4S. The number of sulfonamides is 1. The number of hydrogen-bond acceptors (Lipinski definition) is 6. The number of rotatable bonds is 7. The van der Waals surface area contributed by atoms with E-state index in [9.17, 15) is 22.9 Å². The lowest BCUT2D eigenvalue weighted by Crippen LogP contribution is -2.13. The Labute approximate surface area is 188 Å². The lowest BCUT2D eigenvalue weighted by molar-refractivity contribution is -0.384. The fraction of sp³-hybridized carbons (Fsp3) is 0.0455. The van der Waals surface area contributed by atoms with Gasteiger partial charge in [0.05, 0.1) is 21.2 Å². The molecule has 11 heteroatoms. The quantitative estimate of drug-likeness (QED) is 0.313. The van der Waals surface area contributed by atoms with E-state index in [-0.39, 0.29) is 22.9 Å². The van der Waals surface area contributed by atoms with Crippen molar-refractivity contribution in [1.82, 2.24) is 9.78 Å². The number of halogens is 1. The van der Waals surface area contributed by atoms with Gasteiger partial charge in [-0.2, -0.15) is 5.10 Å². The fourth-order valence-electron chi connectivity index (χ4n) is 3.28. The number of para-hydroxylation sites is 1. The van der Waals surface area contributed by atoms with Crippen molar-refractivity contribution in [2.24, 2.45) is 5.14 Å². The third-order valence-corrected chi connectivity index (χ3v) is 5.80. The van der Waals surface area contributed by atoms with Crippen LogP contribution in [0.2, 0.25) is 0 Å². The van der Waals surface area contributed by atoms with E-state index in [1.54, 1.807) is 23.0 Å². The minimum Gasteiger partial charge on any atom is -0.375 e. The van der Waals surface area contributed by atoms with Crippen molar-refractivity contribution in [1.29, 1.82) is 0 Å². The van der Waals surface area contributed by atoms with Crippen LogP contribution in [0.15, 0.2) is 83.9 Å². The minimum absolute atomic E-state index is 0.116. The topological polar surface area (TPSA) is 133 Å². The summed E-state index contributed by atoms with van der Waals surface area (Å²) in [7, 11) is -4.09. The second-order valence-electron chi connectivity index (χ2n) is 7.12. The van der Waals surface area contributed by atoms with Crippen LogP contribution in [-0.4, -0.2) is 23.1 Å². The zero-order valence-electron chi connectivity index (χ0n) is 17.1. The predicted molar refractivity (Wildman–Crippen MR) is 121 cm³/mol. The first kappa shape index (κ1) is 22.1. The number of nitro groups is 1. The maximum absolute atomic E-state index is 13.4. The molecule has 0 amide bonds. The molecule has 0 aliphatic heterocycles. The van der Waals surface area contributed by atoms with Crippen molar-refractivity contribution < 1.29 is 17.7 Å². The molecule has 1 heterocycles. The molecule has 0 spiro atoms. The molecule has 168 valence electrons. The molecule has 0 aliphatic rings. The van der Waals surface area contributed by atoms with Crippen molar-refractivity contribution in [2.45, 2.75) is 11.4 Å². The largest absolute Gasteiger partial charge is 0.375 e. The molecule has 0 fully saturated rings. The number of anilines is 1. The number of benzene rings is 3. The van der Waals surface area contributed by atoms with Gasteiger partial charge in [-0.05, 0) is 48.5 Å². The van der Waals surface area contributed by atoms with Crippen LogP contribution in [0, 0.1) is 15.9 Å². The molecular weight excluding hydrogens is 449 g/mol. The van der Waals surface area contributed by atoms with E-state index in [1.807, 2.05) is 30.3 Å². The Hall–Kier alpha value is -4.09. The molecule has 4 rings (SSSR count). The zero-order valence-corrected chi connectivity index (χ0v) is 17.9. The van der Waals surface area contributed by atoms with Gasteiger partial charge < -0.3 is 5.32 Å². The Balaban J connectivity index is 1.71. The number of primary sulfonamides is 1. The summed E-state index contributed by atoms with van der Waals surface area (Å²) in [6.07, 6.45) is 1.77. The summed E-state index contributed by atoms with van der Waals surface area (Å²) in [4.78, 5) is 10.5. The van der Waals surface area contributed by atoms with Gasteiger partial charge in [0.1, 0.15) is 11.5 Å². The first-order valence-electron chi connectivity index (χ1n) is 9.67. The summed E-state index contributed by atoms with van der Waals surface area (Å²) in [6, 6.07) is 18.6. The van der Waals surface area contributed by atoms with E-state index in [0.29, 0.717) is 16.8 Å². The molecule has 0 saturated carbocycles. The molecule has 9 nitrogen and oxygen atoms in total. The molecule has 33 heavy (non-hydrogen) atoms. The minimum atomic E-state index is -4.09. The average molecular weight is 467 g/mol. The van der Waals surface area contributed by atoms with Crippen LogP contribution >= 0.6 is 0 Å². The average Bonchev–Trinajstić information content (AvgIpc) is 3.22. The Morgan fingerprint density at radius 2 is 1.76 bits per heavy atom. The first-order chi connectivity index (χ1) is 15.7. The highest BCUT2D eigenvalue weighted by Gasteiger charge is 2.20. The number of aromatic nitrogens is 2. The van der Waals surface area contributed by atoms with Crippen LogP contribution < -0.4 is 10.5 Å². The lowest BCUT2D eigenvalue weighted by atomic mass is 10.1. The fourth-order valence-corrected chi connectivity index (χ4v) is 3.82. The Kier molecular flexibility index (Phi) is 5.90. The molecule has 4 aromatic rings. The summed E-state index contributed by atoms with van der Waals surface area (Å²) in [5.74, 6) is -0.383. The van der Waals surface area contributed by atoms with Gasteiger partial charge in [-0.25, -0.2) is 22.6 Å². The summed E-state index contributed by atoms with van der Waals surface area (Å²) >= 11 is 0. The van der Waals surface area contributed by atoms with Gasteiger partial charge in [0.2, 0.25) is 10.0 Å². The van der Waals surface area contributed by atoms with Gasteiger partial charge >= 0.3 is 0 Å². The maximum Gasteiger partial charge on any atom is 0.293 e. The van der Waals surface area contributed by atoms with E-state index < -0.39 is 20.6 Å². The monoisotopic (exact) mass is 467 g/mol. The van der Waals surface area contributed by atoms with Crippen LogP contribution in [0.3, 0.4) is 0 Å². The van der Waals surface area contributed by atoms with Crippen LogP contribution in [0.4, 0.5) is 15.8 Å². The van der Waals surface area contributed by atoms with E-state index in [0.717, 1.165) is 11.8 Å². The molecule has 1 aromatic heterocycles. The molecule has 0 saturated heterocycles. The highest BCUT2D eigenvalue weighted by Crippen LogP contribution is 2.29. The second-order valence-corrected chi connectivity index (χ2v) is 8.69. The van der Waals surface area contributed by atoms with E-state index in [4.69, 9.17) is 5.14 Å². The summed E-state index contributed by atoms with van der Waals surface area (Å²) in [5, 5.41) is 24.2. The predicted octanol–water partition coefficient (Wildman–Crippen LogP) is 3.85. The first-order valence-corrected chi connectivity index (χ1v) is 11.2. The molecule has 0 unspecified atom stereocenters. The number of nitrogens with zero attached hydrogens (tertiary/aromatic N) is 3. The van der Waals surface area contributed by atoms with Gasteiger partial charge in [-0.3, -0.25) is 10.1 Å². The smallest absolute Gasteiger partial charge is 0.293 e. The van der Waals surface area contributed by atoms with E-state index >= 15 is 0 Å². The molecule has 0 atom stereocenters. The molecule has 3 N–H and O–H groups in total. The molecule has 0 aliphatic carbocycles. The lowest BCUT2D eigenvalue weighted by Gasteiger charge is -2.08. The molecule has 0 radical (unpaired) electrons. The van der Waals surface area contributed by atoms with Crippen LogP contribution in [-0.2, 0) is 16.6 Å². The standard InChI is InChI=1S/C22H18FN5O4S/c23-17-8-6-15(7-9-17)22-16(14-27(26-22)18-4-2-1-3-5-18)13-25-20-11-10-19(33(24,31)32)12-21(20)28(29)30/h1-12,14,25H,13H2,(H2,24,31,32).